The van der Waals surface area contributed by atoms with Crippen molar-refractivity contribution in [1.29, 1.82) is 0 Å². The average molecular weight is 352 g/mol. The lowest BCUT2D eigenvalue weighted by Gasteiger charge is -2.37. The molecule has 4 rings (SSSR count). The van der Waals surface area contributed by atoms with Crippen LogP contribution in [0, 0.1) is 0 Å². The molecule has 3 heterocycles. The zero-order valence-corrected chi connectivity index (χ0v) is 14.9. The molecule has 1 unspecified atom stereocenters. The summed E-state index contributed by atoms with van der Waals surface area (Å²) in [7, 11) is 1.92. The second-order valence-electron chi connectivity index (χ2n) is 6.55. The molecule has 3 aliphatic heterocycles. The number of benzene rings is 1. The molecule has 7 nitrogen and oxygen atoms in total. The minimum atomic E-state index is -0.139. The molecule has 1 aromatic carbocycles. The minimum Gasteiger partial charge on any atom is -0.388 e. The van der Waals surface area contributed by atoms with Gasteiger partial charge in [-0.3, -0.25) is 9.91 Å². The highest BCUT2D eigenvalue weighted by molar-refractivity contribution is 5.97. The van der Waals surface area contributed by atoms with Crippen LogP contribution in [0.15, 0.2) is 52.2 Å². The molecule has 1 fully saturated rings. The number of morpholine rings is 1. The molecule has 3 N–H and O–H groups in total. The second kappa shape index (κ2) is 7.31. The number of rotatable bonds is 4. The van der Waals surface area contributed by atoms with Crippen molar-refractivity contribution in [3.8, 4) is 0 Å². The summed E-state index contributed by atoms with van der Waals surface area (Å²) in [4.78, 5) is 6.58. The van der Waals surface area contributed by atoms with Crippen LogP contribution in [-0.4, -0.2) is 68.0 Å². The van der Waals surface area contributed by atoms with Crippen molar-refractivity contribution in [2.24, 2.45) is 15.8 Å². The van der Waals surface area contributed by atoms with Gasteiger partial charge in [0.1, 0.15) is 18.2 Å². The lowest BCUT2D eigenvalue weighted by molar-refractivity contribution is 0.0389. The molecule has 0 bridgehead atoms. The molecule has 26 heavy (non-hydrogen) atoms. The lowest BCUT2D eigenvalue weighted by Crippen LogP contribution is -2.47. The fourth-order valence-electron chi connectivity index (χ4n) is 3.41. The number of aliphatic imine (C=N–C) groups is 1. The summed E-state index contributed by atoms with van der Waals surface area (Å²) in [6.07, 6.45) is 5.86. The summed E-state index contributed by atoms with van der Waals surface area (Å²) in [6.45, 7) is 4.23. The Morgan fingerprint density at radius 2 is 2.00 bits per heavy atom. The van der Waals surface area contributed by atoms with E-state index < -0.39 is 0 Å². The number of nitrogens with two attached hydrogens (primary N) is 1. The molecule has 0 aliphatic carbocycles. The highest BCUT2D eigenvalue weighted by Crippen LogP contribution is 2.29. The molecular formula is C19H24N6O. The first-order valence-electron chi connectivity index (χ1n) is 8.90. The SMILES string of the molecule is CNc1ccc(C2=CC3C(N)=NC=NN3C(CN3CCOCC3)=C2)cc1. The zero-order chi connectivity index (χ0) is 17.9. The predicted octanol–water partition coefficient (Wildman–Crippen LogP) is 1.33. The Hall–Kier alpha value is -2.64. The van der Waals surface area contributed by atoms with Gasteiger partial charge in [0.15, 0.2) is 0 Å². The lowest BCUT2D eigenvalue weighted by atomic mass is 9.97. The number of fused-ring (bicyclic) bond motifs is 1. The smallest absolute Gasteiger partial charge is 0.138 e. The average Bonchev–Trinajstić information content (AvgIpc) is 2.69. The minimum absolute atomic E-state index is 0.139. The zero-order valence-electron chi connectivity index (χ0n) is 14.9. The topological polar surface area (TPSA) is 78.5 Å². The number of anilines is 1. The van der Waals surface area contributed by atoms with E-state index in [4.69, 9.17) is 10.5 Å². The van der Waals surface area contributed by atoms with E-state index in [0.29, 0.717) is 5.84 Å². The van der Waals surface area contributed by atoms with Crippen molar-refractivity contribution in [1.82, 2.24) is 9.91 Å². The highest BCUT2D eigenvalue weighted by Gasteiger charge is 2.29. The Balaban J connectivity index is 1.65. The normalized spacial score (nSPS) is 23.0. The number of hydrogen-bond acceptors (Lipinski definition) is 7. The van der Waals surface area contributed by atoms with Gasteiger partial charge in [0.05, 0.1) is 18.9 Å². The number of allylic oxidation sites excluding steroid dienone is 2. The monoisotopic (exact) mass is 352 g/mol. The number of hydrazone groups is 1. The summed E-state index contributed by atoms with van der Waals surface area (Å²) in [6, 6.07) is 8.26. The molecule has 0 aromatic heterocycles. The van der Waals surface area contributed by atoms with Crippen LogP contribution >= 0.6 is 0 Å². The molecule has 1 saturated heterocycles. The summed E-state index contributed by atoms with van der Waals surface area (Å²) in [5.41, 5.74) is 10.7. The Morgan fingerprint density at radius 1 is 1.23 bits per heavy atom. The maximum absolute atomic E-state index is 6.17. The van der Waals surface area contributed by atoms with Crippen LogP contribution in [0.2, 0.25) is 0 Å². The molecule has 0 amide bonds. The van der Waals surface area contributed by atoms with Gasteiger partial charge in [0, 0.05) is 32.4 Å². The number of nitrogens with zero attached hydrogens (tertiary/aromatic N) is 4. The molecular weight excluding hydrogens is 328 g/mol. The second-order valence-corrected chi connectivity index (χ2v) is 6.55. The third-order valence-corrected chi connectivity index (χ3v) is 4.90. The Bertz CT molecular complexity index is 774. The van der Waals surface area contributed by atoms with Crippen LogP contribution in [0.3, 0.4) is 0 Å². The standard InChI is InChI=1S/C19H24N6O/c1-21-16-4-2-14(3-5-16)15-10-17(12-24-6-8-26-9-7-24)25-18(11-15)19(20)22-13-23-25/h2-5,10-11,13,18,21H,6-9,12H2,1H3,(H2,20,22,23). The van der Waals surface area contributed by atoms with Crippen molar-refractivity contribution in [3.05, 3.63) is 47.7 Å². The molecule has 136 valence electrons. The third kappa shape index (κ3) is 3.36. The summed E-state index contributed by atoms with van der Waals surface area (Å²) >= 11 is 0. The number of amidine groups is 1. The van der Waals surface area contributed by atoms with E-state index in [9.17, 15) is 0 Å². The molecule has 0 spiro atoms. The van der Waals surface area contributed by atoms with Crippen molar-refractivity contribution in [3.63, 3.8) is 0 Å². The Morgan fingerprint density at radius 3 is 2.73 bits per heavy atom. The number of nitrogens with one attached hydrogen (secondary N) is 1. The predicted molar refractivity (Wildman–Crippen MR) is 105 cm³/mol. The number of hydrogen-bond donors (Lipinski definition) is 2. The quantitative estimate of drug-likeness (QED) is 0.855. The maximum Gasteiger partial charge on any atom is 0.138 e. The molecule has 1 aromatic rings. The van der Waals surface area contributed by atoms with Gasteiger partial charge in [0.25, 0.3) is 0 Å². The summed E-state index contributed by atoms with van der Waals surface area (Å²) in [5, 5.41) is 9.59. The van der Waals surface area contributed by atoms with E-state index in [1.165, 1.54) is 6.34 Å². The van der Waals surface area contributed by atoms with E-state index in [1.54, 1.807) is 0 Å². The molecule has 3 aliphatic rings. The highest BCUT2D eigenvalue weighted by atomic mass is 16.5. The fraction of sp³-hybridized carbons (Fsp3) is 0.368. The Labute approximate surface area is 153 Å². The van der Waals surface area contributed by atoms with Gasteiger partial charge in [-0.2, -0.15) is 5.10 Å². The van der Waals surface area contributed by atoms with Crippen molar-refractivity contribution >= 4 is 23.4 Å². The van der Waals surface area contributed by atoms with E-state index in [0.717, 1.165) is 55.4 Å². The molecule has 7 heteroatoms. The molecule has 0 saturated carbocycles. The van der Waals surface area contributed by atoms with E-state index in [1.807, 2.05) is 12.1 Å². The van der Waals surface area contributed by atoms with Crippen LogP contribution in [0.4, 0.5) is 5.69 Å². The maximum atomic E-state index is 6.17. The van der Waals surface area contributed by atoms with Crippen LogP contribution < -0.4 is 11.1 Å². The van der Waals surface area contributed by atoms with Crippen molar-refractivity contribution < 1.29 is 4.74 Å². The van der Waals surface area contributed by atoms with Crippen LogP contribution in [0.25, 0.3) is 5.57 Å². The number of ether oxygens (including phenoxy) is 1. The van der Waals surface area contributed by atoms with Gasteiger partial charge >= 0.3 is 0 Å². The van der Waals surface area contributed by atoms with Crippen LogP contribution in [0.1, 0.15) is 5.56 Å². The van der Waals surface area contributed by atoms with Crippen LogP contribution in [-0.2, 0) is 4.74 Å². The first-order chi connectivity index (χ1) is 12.7. The molecule has 1 atom stereocenters. The summed E-state index contributed by atoms with van der Waals surface area (Å²) in [5.74, 6) is 0.567. The Kier molecular flexibility index (Phi) is 4.73. The van der Waals surface area contributed by atoms with Gasteiger partial charge in [-0.15, -0.1) is 0 Å². The van der Waals surface area contributed by atoms with E-state index in [-0.39, 0.29) is 6.04 Å². The third-order valence-electron chi connectivity index (χ3n) is 4.90. The largest absolute Gasteiger partial charge is 0.388 e. The van der Waals surface area contributed by atoms with Crippen molar-refractivity contribution in [2.75, 3.05) is 45.2 Å². The van der Waals surface area contributed by atoms with Gasteiger partial charge < -0.3 is 15.8 Å². The fourth-order valence-corrected chi connectivity index (χ4v) is 3.41. The van der Waals surface area contributed by atoms with Gasteiger partial charge in [0.2, 0.25) is 0 Å². The van der Waals surface area contributed by atoms with Gasteiger partial charge in [-0.1, -0.05) is 12.1 Å². The first-order valence-corrected chi connectivity index (χ1v) is 8.90. The van der Waals surface area contributed by atoms with Crippen molar-refractivity contribution in [2.45, 2.75) is 6.04 Å². The first kappa shape index (κ1) is 16.8. The summed E-state index contributed by atoms with van der Waals surface area (Å²) < 4.78 is 5.46. The van der Waals surface area contributed by atoms with E-state index in [2.05, 4.69) is 56.7 Å². The van der Waals surface area contributed by atoms with Crippen LogP contribution in [0.5, 0.6) is 0 Å². The van der Waals surface area contributed by atoms with Gasteiger partial charge in [-0.05, 0) is 35.4 Å². The molecule has 0 radical (unpaired) electrons. The van der Waals surface area contributed by atoms with E-state index >= 15 is 0 Å². The van der Waals surface area contributed by atoms with Gasteiger partial charge in [-0.25, -0.2) is 4.99 Å².